The molecule has 0 bridgehead atoms. The van der Waals surface area contributed by atoms with Gasteiger partial charge in [0.25, 0.3) is 6.47 Å². The van der Waals surface area contributed by atoms with Crippen molar-refractivity contribution in [3.05, 3.63) is 35.9 Å². The molecule has 4 heteroatoms. The van der Waals surface area contributed by atoms with E-state index in [1.165, 1.54) is 0 Å². The summed E-state index contributed by atoms with van der Waals surface area (Å²) < 4.78 is 9.99. The van der Waals surface area contributed by atoms with Crippen LogP contribution in [0, 0.1) is 0 Å². The summed E-state index contributed by atoms with van der Waals surface area (Å²) >= 11 is 0. The SMILES string of the molecule is C[C@H](OC=O)[C@H](C=O)OCc1ccccc1. The molecule has 0 unspecified atom stereocenters. The second kappa shape index (κ2) is 6.74. The Labute approximate surface area is 94.2 Å². The summed E-state index contributed by atoms with van der Waals surface area (Å²) in [7, 11) is 0. The minimum atomic E-state index is -0.731. The summed E-state index contributed by atoms with van der Waals surface area (Å²) in [5, 5.41) is 0. The minimum absolute atomic E-state index is 0.313. The molecule has 0 aliphatic rings. The normalized spacial score (nSPS) is 13.8. The number of aldehydes is 1. The van der Waals surface area contributed by atoms with Gasteiger partial charge in [0.05, 0.1) is 6.61 Å². The van der Waals surface area contributed by atoms with Crippen LogP contribution in [0.25, 0.3) is 0 Å². The zero-order chi connectivity index (χ0) is 11.8. The lowest BCUT2D eigenvalue weighted by molar-refractivity contribution is -0.145. The molecule has 0 fully saturated rings. The van der Waals surface area contributed by atoms with Crippen LogP contribution >= 0.6 is 0 Å². The Morgan fingerprint density at radius 2 is 1.94 bits per heavy atom. The summed E-state index contributed by atoms with van der Waals surface area (Å²) in [5.74, 6) is 0. The van der Waals surface area contributed by atoms with Crippen LogP contribution in [0.4, 0.5) is 0 Å². The van der Waals surface area contributed by atoms with Crippen molar-refractivity contribution in [2.45, 2.75) is 25.7 Å². The lowest BCUT2D eigenvalue weighted by atomic mass is 10.2. The van der Waals surface area contributed by atoms with Crippen LogP contribution in [0.3, 0.4) is 0 Å². The monoisotopic (exact) mass is 222 g/mol. The first-order chi connectivity index (χ1) is 7.77. The molecule has 0 aromatic heterocycles. The largest absolute Gasteiger partial charge is 0.462 e. The Balaban J connectivity index is 2.45. The van der Waals surface area contributed by atoms with Gasteiger partial charge in [0.2, 0.25) is 0 Å². The average molecular weight is 222 g/mol. The number of hydrogen-bond acceptors (Lipinski definition) is 4. The van der Waals surface area contributed by atoms with Gasteiger partial charge in [-0.05, 0) is 12.5 Å². The standard InChI is InChI=1S/C12H14O4/c1-10(16-9-14)12(7-13)15-8-11-5-3-2-4-6-11/h2-7,9-10,12H,8H2,1H3/t10-,12-/m0/s1. The van der Waals surface area contributed by atoms with Crippen LogP contribution in [-0.4, -0.2) is 25.0 Å². The first-order valence-corrected chi connectivity index (χ1v) is 4.98. The average Bonchev–Trinajstić information content (AvgIpc) is 2.31. The summed E-state index contributed by atoms with van der Waals surface area (Å²) in [6.45, 7) is 2.24. The Morgan fingerprint density at radius 1 is 1.25 bits per heavy atom. The van der Waals surface area contributed by atoms with Crippen LogP contribution in [0.2, 0.25) is 0 Å². The minimum Gasteiger partial charge on any atom is -0.462 e. The van der Waals surface area contributed by atoms with E-state index < -0.39 is 12.2 Å². The molecule has 0 radical (unpaired) electrons. The van der Waals surface area contributed by atoms with Gasteiger partial charge in [-0.1, -0.05) is 30.3 Å². The number of carbonyl (C=O) groups is 2. The summed E-state index contributed by atoms with van der Waals surface area (Å²) in [5.41, 5.74) is 0.965. The fraction of sp³-hybridized carbons (Fsp3) is 0.333. The highest BCUT2D eigenvalue weighted by atomic mass is 16.6. The summed E-state index contributed by atoms with van der Waals surface area (Å²) in [6.07, 6.45) is -0.666. The second-order valence-corrected chi connectivity index (χ2v) is 3.33. The first kappa shape index (κ1) is 12.4. The molecule has 0 saturated carbocycles. The van der Waals surface area contributed by atoms with Gasteiger partial charge in [-0.3, -0.25) is 4.79 Å². The van der Waals surface area contributed by atoms with Gasteiger partial charge in [0, 0.05) is 0 Å². The molecule has 0 N–H and O–H groups in total. The Bertz CT molecular complexity index is 323. The van der Waals surface area contributed by atoms with Crippen molar-refractivity contribution in [2.24, 2.45) is 0 Å². The molecule has 1 aromatic carbocycles. The highest BCUT2D eigenvalue weighted by Crippen LogP contribution is 2.06. The third-order valence-corrected chi connectivity index (χ3v) is 2.15. The lowest BCUT2D eigenvalue weighted by Crippen LogP contribution is -2.30. The number of rotatable bonds is 7. The molecule has 2 atom stereocenters. The van der Waals surface area contributed by atoms with Gasteiger partial charge in [0.1, 0.15) is 12.2 Å². The number of benzene rings is 1. The Kier molecular flexibility index (Phi) is 5.22. The molecule has 0 aliphatic heterocycles. The third kappa shape index (κ3) is 3.82. The van der Waals surface area contributed by atoms with Crippen LogP contribution < -0.4 is 0 Å². The zero-order valence-electron chi connectivity index (χ0n) is 9.04. The van der Waals surface area contributed by atoms with Crippen molar-refractivity contribution in [1.82, 2.24) is 0 Å². The van der Waals surface area contributed by atoms with E-state index >= 15 is 0 Å². The van der Waals surface area contributed by atoms with Gasteiger partial charge >= 0.3 is 0 Å². The molecule has 0 heterocycles. The van der Waals surface area contributed by atoms with Crippen LogP contribution in [0.5, 0.6) is 0 Å². The molecule has 0 amide bonds. The Morgan fingerprint density at radius 3 is 2.50 bits per heavy atom. The van der Waals surface area contributed by atoms with Crippen molar-refractivity contribution < 1.29 is 19.1 Å². The maximum Gasteiger partial charge on any atom is 0.293 e. The van der Waals surface area contributed by atoms with Gasteiger partial charge in [0.15, 0.2) is 6.29 Å². The molecular weight excluding hydrogens is 208 g/mol. The molecule has 16 heavy (non-hydrogen) atoms. The summed E-state index contributed by atoms with van der Waals surface area (Å²) in [6, 6.07) is 9.47. The molecule has 1 rings (SSSR count). The highest BCUT2D eigenvalue weighted by Gasteiger charge is 2.17. The Hall–Kier alpha value is -1.68. The fourth-order valence-corrected chi connectivity index (χ4v) is 1.22. The third-order valence-electron chi connectivity index (χ3n) is 2.15. The van der Waals surface area contributed by atoms with Crippen LogP contribution in [0.1, 0.15) is 12.5 Å². The number of carbonyl (C=O) groups excluding carboxylic acids is 2. The van der Waals surface area contributed by atoms with E-state index in [1.54, 1.807) is 6.92 Å². The van der Waals surface area contributed by atoms with E-state index in [9.17, 15) is 9.59 Å². The van der Waals surface area contributed by atoms with Crippen molar-refractivity contribution >= 4 is 12.8 Å². The van der Waals surface area contributed by atoms with Crippen molar-refractivity contribution in [3.8, 4) is 0 Å². The van der Waals surface area contributed by atoms with Crippen LogP contribution in [-0.2, 0) is 25.7 Å². The second-order valence-electron chi connectivity index (χ2n) is 3.33. The molecular formula is C12H14O4. The van der Waals surface area contributed by atoms with E-state index in [0.29, 0.717) is 19.4 Å². The van der Waals surface area contributed by atoms with E-state index in [1.807, 2.05) is 30.3 Å². The van der Waals surface area contributed by atoms with Gasteiger partial charge in [-0.15, -0.1) is 0 Å². The van der Waals surface area contributed by atoms with Gasteiger partial charge in [-0.2, -0.15) is 0 Å². The molecule has 0 saturated heterocycles. The smallest absolute Gasteiger partial charge is 0.293 e. The van der Waals surface area contributed by atoms with Crippen molar-refractivity contribution in [3.63, 3.8) is 0 Å². The molecule has 86 valence electrons. The molecule has 0 aliphatic carbocycles. The lowest BCUT2D eigenvalue weighted by Gasteiger charge is -2.17. The van der Waals surface area contributed by atoms with E-state index in [4.69, 9.17) is 4.74 Å². The molecule has 0 spiro atoms. The number of ether oxygens (including phenoxy) is 2. The first-order valence-electron chi connectivity index (χ1n) is 4.98. The van der Waals surface area contributed by atoms with Crippen LogP contribution in [0.15, 0.2) is 30.3 Å². The zero-order valence-corrected chi connectivity index (χ0v) is 9.04. The van der Waals surface area contributed by atoms with Crippen molar-refractivity contribution in [1.29, 1.82) is 0 Å². The van der Waals surface area contributed by atoms with Gasteiger partial charge < -0.3 is 14.3 Å². The quantitative estimate of drug-likeness (QED) is 0.653. The predicted octanol–water partition coefficient (Wildman–Crippen LogP) is 1.33. The topological polar surface area (TPSA) is 52.6 Å². The van der Waals surface area contributed by atoms with Crippen molar-refractivity contribution in [2.75, 3.05) is 0 Å². The number of hydrogen-bond donors (Lipinski definition) is 0. The van der Waals surface area contributed by atoms with E-state index in [0.717, 1.165) is 5.56 Å². The predicted molar refractivity (Wildman–Crippen MR) is 57.7 cm³/mol. The molecule has 1 aromatic rings. The van der Waals surface area contributed by atoms with E-state index in [-0.39, 0.29) is 0 Å². The highest BCUT2D eigenvalue weighted by molar-refractivity contribution is 5.57. The summed E-state index contributed by atoms with van der Waals surface area (Å²) in [4.78, 5) is 20.8. The fourth-order valence-electron chi connectivity index (χ4n) is 1.22. The molecule has 4 nitrogen and oxygen atoms in total. The maximum atomic E-state index is 10.7. The van der Waals surface area contributed by atoms with Gasteiger partial charge in [-0.25, -0.2) is 0 Å². The maximum absolute atomic E-state index is 10.7. The van der Waals surface area contributed by atoms with E-state index in [2.05, 4.69) is 4.74 Å².